The average Bonchev–Trinajstić information content (AvgIpc) is 2.41. The number of nitrogens with two attached hydrogens (primary N) is 1. The highest BCUT2D eigenvalue weighted by Gasteiger charge is 1.92. The van der Waals surface area contributed by atoms with Gasteiger partial charge in [-0.25, -0.2) is 0 Å². The minimum Gasteiger partial charge on any atom is -0.398 e. The molecule has 0 heterocycles. The van der Waals surface area contributed by atoms with Crippen molar-refractivity contribution in [1.29, 1.82) is 0 Å². The molecule has 2 heteroatoms. The molecular weight excluding hydrogens is 214 g/mol. The van der Waals surface area contributed by atoms with Crippen molar-refractivity contribution in [3.05, 3.63) is 41.3 Å². The van der Waals surface area contributed by atoms with Crippen molar-refractivity contribution >= 4 is 17.5 Å². The summed E-state index contributed by atoms with van der Waals surface area (Å²) in [5.41, 5.74) is 7.77. The van der Waals surface area contributed by atoms with E-state index in [1.54, 1.807) is 11.8 Å². The molecule has 1 nitrogen and oxygen atoms in total. The minimum atomic E-state index is 0.849. The van der Waals surface area contributed by atoms with Gasteiger partial charge in [-0.2, -0.15) is 0 Å². The standard InChI is InChI=1S/C10H13NS.2C2H6/c1-2-12-8-10(11)9-6-4-3-5-7-9;2*1-2/h3-8H,2,11H2,1H3;2*1-2H3/b10-8-;;. The highest BCUT2D eigenvalue weighted by molar-refractivity contribution is 8.02. The predicted octanol–water partition coefficient (Wildman–Crippen LogP) is 4.75. The molecule has 0 aromatic heterocycles. The van der Waals surface area contributed by atoms with Crippen LogP contribution in [0.15, 0.2) is 35.7 Å². The highest BCUT2D eigenvalue weighted by Crippen LogP contribution is 2.12. The molecule has 0 amide bonds. The first-order valence-corrected chi connectivity index (χ1v) is 7.02. The minimum absolute atomic E-state index is 0.849. The van der Waals surface area contributed by atoms with Gasteiger partial charge in [0.2, 0.25) is 0 Å². The van der Waals surface area contributed by atoms with Crippen LogP contribution < -0.4 is 5.73 Å². The van der Waals surface area contributed by atoms with E-state index in [1.165, 1.54) is 0 Å². The van der Waals surface area contributed by atoms with Crippen molar-refractivity contribution < 1.29 is 0 Å². The second-order valence-corrected chi connectivity index (χ2v) is 3.54. The molecule has 2 N–H and O–H groups in total. The highest BCUT2D eigenvalue weighted by atomic mass is 32.2. The summed E-state index contributed by atoms with van der Waals surface area (Å²) in [4.78, 5) is 0. The van der Waals surface area contributed by atoms with Gasteiger partial charge in [-0.15, -0.1) is 11.8 Å². The maximum Gasteiger partial charge on any atom is 0.0451 e. The van der Waals surface area contributed by atoms with Crippen molar-refractivity contribution in [3.63, 3.8) is 0 Å². The molecule has 0 unspecified atom stereocenters. The summed E-state index contributed by atoms with van der Waals surface area (Å²) in [5, 5.41) is 2.00. The fraction of sp³-hybridized carbons (Fsp3) is 0.429. The number of benzene rings is 1. The molecule has 0 radical (unpaired) electrons. The summed E-state index contributed by atoms with van der Waals surface area (Å²) in [6.07, 6.45) is 0. The fourth-order valence-electron chi connectivity index (χ4n) is 0.872. The van der Waals surface area contributed by atoms with Crippen LogP contribution in [0.2, 0.25) is 0 Å². The second-order valence-electron chi connectivity index (χ2n) is 2.39. The van der Waals surface area contributed by atoms with Gasteiger partial charge in [0, 0.05) is 5.70 Å². The molecule has 0 saturated heterocycles. The predicted molar refractivity (Wildman–Crippen MR) is 79.4 cm³/mol. The smallest absolute Gasteiger partial charge is 0.0451 e. The summed E-state index contributed by atoms with van der Waals surface area (Å²) in [6, 6.07) is 10.0. The van der Waals surface area contributed by atoms with Crippen LogP contribution in [0.25, 0.3) is 5.70 Å². The van der Waals surface area contributed by atoms with Crippen LogP contribution >= 0.6 is 11.8 Å². The molecule has 1 rings (SSSR count). The molecule has 16 heavy (non-hydrogen) atoms. The molecule has 0 saturated carbocycles. The van der Waals surface area contributed by atoms with Gasteiger partial charge in [0.1, 0.15) is 0 Å². The van der Waals surface area contributed by atoms with Gasteiger partial charge in [-0.05, 0) is 16.7 Å². The van der Waals surface area contributed by atoms with Crippen molar-refractivity contribution in [1.82, 2.24) is 0 Å². The Morgan fingerprint density at radius 1 is 1.12 bits per heavy atom. The second kappa shape index (κ2) is 14.1. The van der Waals surface area contributed by atoms with E-state index >= 15 is 0 Å². The zero-order valence-electron chi connectivity index (χ0n) is 11.2. The summed E-state index contributed by atoms with van der Waals surface area (Å²) in [7, 11) is 0. The van der Waals surface area contributed by atoms with Crippen LogP contribution in [-0.2, 0) is 0 Å². The quantitative estimate of drug-likeness (QED) is 0.823. The summed E-state index contributed by atoms with van der Waals surface area (Å²) < 4.78 is 0. The first kappa shape index (κ1) is 17.5. The maximum absolute atomic E-state index is 5.82. The number of rotatable bonds is 3. The average molecular weight is 239 g/mol. The third kappa shape index (κ3) is 8.42. The molecule has 92 valence electrons. The summed E-state index contributed by atoms with van der Waals surface area (Å²) in [6.45, 7) is 10.1. The van der Waals surface area contributed by atoms with Crippen molar-refractivity contribution in [2.45, 2.75) is 34.6 Å². The van der Waals surface area contributed by atoms with Gasteiger partial charge < -0.3 is 5.73 Å². The molecule has 1 aromatic carbocycles. The van der Waals surface area contributed by atoms with E-state index in [2.05, 4.69) is 6.92 Å². The molecule has 0 atom stereocenters. The molecule has 1 aromatic rings. The van der Waals surface area contributed by atoms with E-state index in [9.17, 15) is 0 Å². The third-order valence-corrected chi connectivity index (χ3v) is 2.24. The SMILES string of the molecule is CC.CC.CCS/C=C(\N)c1ccccc1. The van der Waals surface area contributed by atoms with Crippen LogP contribution in [-0.4, -0.2) is 5.75 Å². The zero-order valence-corrected chi connectivity index (χ0v) is 12.0. The largest absolute Gasteiger partial charge is 0.398 e. The van der Waals surface area contributed by atoms with E-state index in [4.69, 9.17) is 5.73 Å². The molecule has 0 aliphatic rings. The lowest BCUT2D eigenvalue weighted by Gasteiger charge is -1.99. The van der Waals surface area contributed by atoms with E-state index in [-0.39, 0.29) is 0 Å². The van der Waals surface area contributed by atoms with Crippen LogP contribution in [0, 0.1) is 0 Å². The first-order valence-electron chi connectivity index (χ1n) is 5.97. The molecule has 0 bridgehead atoms. The topological polar surface area (TPSA) is 26.0 Å². The summed E-state index contributed by atoms with van der Waals surface area (Å²) in [5.74, 6) is 1.06. The lowest BCUT2D eigenvalue weighted by Crippen LogP contribution is -1.94. The van der Waals surface area contributed by atoms with E-state index < -0.39 is 0 Å². The third-order valence-electron chi connectivity index (χ3n) is 1.48. The lowest BCUT2D eigenvalue weighted by atomic mass is 10.2. The number of thioether (sulfide) groups is 1. The van der Waals surface area contributed by atoms with E-state index in [0.717, 1.165) is 17.0 Å². The summed E-state index contributed by atoms with van der Waals surface area (Å²) >= 11 is 1.72. The van der Waals surface area contributed by atoms with Gasteiger partial charge in [0.15, 0.2) is 0 Å². The van der Waals surface area contributed by atoms with Crippen molar-refractivity contribution in [2.75, 3.05) is 5.75 Å². The van der Waals surface area contributed by atoms with E-state index in [1.807, 2.05) is 63.4 Å². The Balaban J connectivity index is 0. The van der Waals surface area contributed by atoms with Gasteiger partial charge in [-0.3, -0.25) is 0 Å². The van der Waals surface area contributed by atoms with Crippen LogP contribution in [0.3, 0.4) is 0 Å². The molecule has 0 spiro atoms. The number of hydrogen-bond acceptors (Lipinski definition) is 2. The molecular formula is C14H25NS. The van der Waals surface area contributed by atoms with Crippen LogP contribution in [0.1, 0.15) is 40.2 Å². The Kier molecular flexibility index (Phi) is 15.4. The molecule has 0 aliphatic heterocycles. The Morgan fingerprint density at radius 3 is 2.06 bits per heavy atom. The lowest BCUT2D eigenvalue weighted by molar-refractivity contribution is 1.50. The van der Waals surface area contributed by atoms with Crippen LogP contribution in [0.5, 0.6) is 0 Å². The zero-order chi connectivity index (χ0) is 12.8. The van der Waals surface area contributed by atoms with Crippen LogP contribution in [0.4, 0.5) is 0 Å². The Labute approximate surface area is 105 Å². The molecule has 0 fully saturated rings. The maximum atomic E-state index is 5.82. The number of hydrogen-bond donors (Lipinski definition) is 1. The fourth-order valence-corrected chi connectivity index (χ4v) is 1.35. The van der Waals surface area contributed by atoms with E-state index in [0.29, 0.717) is 0 Å². The Morgan fingerprint density at radius 2 is 1.62 bits per heavy atom. The Bertz CT molecular complexity index is 255. The van der Waals surface area contributed by atoms with Gasteiger partial charge in [0.05, 0.1) is 0 Å². The monoisotopic (exact) mass is 239 g/mol. The van der Waals surface area contributed by atoms with Crippen molar-refractivity contribution in [2.24, 2.45) is 5.73 Å². The normalized spacial score (nSPS) is 9.44. The van der Waals surface area contributed by atoms with Gasteiger partial charge >= 0.3 is 0 Å². The first-order chi connectivity index (χ1) is 7.84. The van der Waals surface area contributed by atoms with Gasteiger partial charge in [-0.1, -0.05) is 65.0 Å². The van der Waals surface area contributed by atoms with Gasteiger partial charge in [0.25, 0.3) is 0 Å². The van der Waals surface area contributed by atoms with Crippen molar-refractivity contribution in [3.8, 4) is 0 Å². The Hall–Kier alpha value is -0.890. The molecule has 0 aliphatic carbocycles.